The van der Waals surface area contributed by atoms with E-state index in [0.717, 1.165) is 51.5 Å². The molecule has 0 N–H and O–H groups in total. The molecule has 3 aliphatic heterocycles. The predicted molar refractivity (Wildman–Crippen MR) is 180 cm³/mol. The van der Waals surface area contributed by atoms with E-state index < -0.39 is 0 Å². The van der Waals surface area contributed by atoms with Crippen LogP contribution in [0, 0.1) is 11.3 Å². The quantitative estimate of drug-likeness (QED) is 0.349. The number of ether oxygens (including phenoxy) is 2. The van der Waals surface area contributed by atoms with Crippen molar-refractivity contribution in [3.8, 4) is 12.1 Å². The van der Waals surface area contributed by atoms with Gasteiger partial charge < -0.3 is 29.1 Å². The summed E-state index contributed by atoms with van der Waals surface area (Å²) in [5, 5.41) is 10.3. The first-order chi connectivity index (χ1) is 21.9. The van der Waals surface area contributed by atoms with Gasteiger partial charge in [0.05, 0.1) is 37.0 Å². The highest BCUT2D eigenvalue weighted by molar-refractivity contribution is 6.36. The first-order valence-corrected chi connectivity index (χ1v) is 15.8. The van der Waals surface area contributed by atoms with Crippen molar-refractivity contribution in [3.63, 3.8) is 0 Å². The molecule has 11 heteroatoms. The molecule has 2 aromatic carbocycles. The van der Waals surface area contributed by atoms with E-state index in [1.165, 1.54) is 32.9 Å². The maximum Gasteiger partial charge on any atom is 0.318 e. The van der Waals surface area contributed by atoms with Gasteiger partial charge in [0.15, 0.2) is 0 Å². The minimum Gasteiger partial charge on any atom is -0.467 e. The van der Waals surface area contributed by atoms with Crippen LogP contribution >= 0.6 is 11.6 Å². The fourth-order valence-electron chi connectivity index (χ4n) is 5.85. The third-order valence-electron chi connectivity index (χ3n) is 8.12. The van der Waals surface area contributed by atoms with E-state index in [2.05, 4.69) is 46.0 Å². The van der Waals surface area contributed by atoms with E-state index in [0.29, 0.717) is 45.3 Å². The van der Waals surface area contributed by atoms with Crippen LogP contribution in [-0.2, 0) is 22.5 Å². The Morgan fingerprint density at radius 1 is 1.00 bits per heavy atom. The van der Waals surface area contributed by atoms with Crippen molar-refractivity contribution in [1.29, 1.82) is 5.26 Å². The lowest BCUT2D eigenvalue weighted by Gasteiger charge is -2.38. The van der Waals surface area contributed by atoms with Gasteiger partial charge in [-0.15, -0.1) is 0 Å². The lowest BCUT2D eigenvalue weighted by Crippen LogP contribution is -2.49. The highest BCUT2D eigenvalue weighted by atomic mass is 35.5. The molecular formula is C34H44ClN7O3. The smallest absolute Gasteiger partial charge is 0.318 e. The Kier molecular flexibility index (Phi) is 12.8. The number of halogens is 1. The molecule has 1 aromatic heterocycles. The van der Waals surface area contributed by atoms with E-state index in [1.807, 2.05) is 17.0 Å². The number of aromatic nitrogens is 2. The molecule has 1 amide bonds. The van der Waals surface area contributed by atoms with Gasteiger partial charge in [0.2, 0.25) is 5.91 Å². The Labute approximate surface area is 271 Å². The molecule has 3 aliphatic rings. The average molecular weight is 634 g/mol. The first-order valence-electron chi connectivity index (χ1n) is 15.4. The molecule has 0 saturated carbocycles. The van der Waals surface area contributed by atoms with Crippen LogP contribution in [-0.4, -0.2) is 99.4 Å². The number of nitriles is 1. The molecule has 3 aromatic rings. The molecule has 240 valence electrons. The zero-order valence-electron chi connectivity index (χ0n) is 26.8. The van der Waals surface area contributed by atoms with Gasteiger partial charge in [-0.2, -0.15) is 15.2 Å². The summed E-state index contributed by atoms with van der Waals surface area (Å²) >= 11 is 6.61. The standard InChI is InChI=1S/C27H30ClN5O3.C5H11N.C2H3N/c1-35-17-5-10-24(34)31-13-15-32(16-14-31)26-20-11-12-33(18-22(20)29-27(30-26)36-2)23-9-4-7-19-6-3-8-21(28)25(19)23;1-6-4-2-3-5-6;1-2-3/h3-10H,11-18H2,1-2H3;2-5H2,1H3;1H3/b10-5+;;. The van der Waals surface area contributed by atoms with Crippen molar-refractivity contribution in [2.24, 2.45) is 0 Å². The van der Waals surface area contributed by atoms with Crippen LogP contribution in [0.15, 0.2) is 48.6 Å². The van der Waals surface area contributed by atoms with Crippen molar-refractivity contribution in [2.75, 3.05) is 83.5 Å². The third-order valence-corrected chi connectivity index (χ3v) is 8.44. The molecule has 0 bridgehead atoms. The number of carbonyl (C=O) groups is 1. The van der Waals surface area contributed by atoms with Crippen molar-refractivity contribution in [3.05, 3.63) is 64.8 Å². The van der Waals surface area contributed by atoms with Gasteiger partial charge in [-0.25, -0.2) is 0 Å². The summed E-state index contributed by atoms with van der Waals surface area (Å²) < 4.78 is 10.5. The van der Waals surface area contributed by atoms with E-state index in [1.54, 1.807) is 32.4 Å². The molecule has 4 heterocycles. The van der Waals surface area contributed by atoms with Crippen LogP contribution in [0.4, 0.5) is 11.5 Å². The molecule has 2 fully saturated rings. The van der Waals surface area contributed by atoms with Gasteiger partial charge >= 0.3 is 6.01 Å². The Hall–Kier alpha value is -3.91. The number of rotatable bonds is 6. The minimum atomic E-state index is 0.0124. The van der Waals surface area contributed by atoms with E-state index in [9.17, 15) is 4.79 Å². The Balaban J connectivity index is 0.000000446. The second-order valence-corrected chi connectivity index (χ2v) is 11.6. The molecule has 0 aliphatic carbocycles. The SMILES string of the molecule is CC#N.CN1CCCC1.COC/C=C/C(=O)N1CCN(c2nc(OC)nc3c2CCN(c2cccc4cccc(Cl)c24)C3)CC1. The fourth-order valence-corrected chi connectivity index (χ4v) is 6.13. The van der Waals surface area contributed by atoms with Gasteiger partial charge in [0, 0.05) is 69.5 Å². The number of fused-ring (bicyclic) bond motifs is 2. The monoisotopic (exact) mass is 633 g/mol. The lowest BCUT2D eigenvalue weighted by molar-refractivity contribution is -0.126. The van der Waals surface area contributed by atoms with Gasteiger partial charge in [0.25, 0.3) is 0 Å². The summed E-state index contributed by atoms with van der Waals surface area (Å²) in [6.07, 6.45) is 6.97. The van der Waals surface area contributed by atoms with Crippen molar-refractivity contribution in [1.82, 2.24) is 19.8 Å². The van der Waals surface area contributed by atoms with Crippen LogP contribution in [0.3, 0.4) is 0 Å². The van der Waals surface area contributed by atoms with Gasteiger partial charge in [-0.1, -0.05) is 41.9 Å². The van der Waals surface area contributed by atoms with Crippen LogP contribution in [0.2, 0.25) is 5.02 Å². The van der Waals surface area contributed by atoms with E-state index >= 15 is 0 Å². The predicted octanol–water partition coefficient (Wildman–Crippen LogP) is 4.95. The highest BCUT2D eigenvalue weighted by Crippen LogP contribution is 2.37. The second-order valence-electron chi connectivity index (χ2n) is 11.1. The zero-order chi connectivity index (χ0) is 32.2. The van der Waals surface area contributed by atoms with Crippen LogP contribution < -0.4 is 14.5 Å². The number of benzene rings is 2. The molecule has 45 heavy (non-hydrogen) atoms. The van der Waals surface area contributed by atoms with Gasteiger partial charge in [-0.3, -0.25) is 4.79 Å². The first kappa shape index (κ1) is 34.0. The number of hydrogen-bond acceptors (Lipinski definition) is 9. The third kappa shape index (κ3) is 8.85. The molecule has 0 atom stereocenters. The maximum atomic E-state index is 12.4. The summed E-state index contributed by atoms with van der Waals surface area (Å²) in [6.45, 7) is 8.67. The average Bonchev–Trinajstić information content (AvgIpc) is 3.55. The Bertz CT molecular complexity index is 1490. The van der Waals surface area contributed by atoms with Gasteiger partial charge in [-0.05, 0) is 56.9 Å². The molecule has 0 unspecified atom stereocenters. The fraction of sp³-hybridized carbons (Fsp3) is 0.471. The summed E-state index contributed by atoms with van der Waals surface area (Å²) in [6, 6.07) is 14.4. The van der Waals surface area contributed by atoms with Crippen molar-refractivity contribution < 1.29 is 14.3 Å². The lowest BCUT2D eigenvalue weighted by atomic mass is 10.0. The number of methoxy groups -OCH3 is 2. The number of likely N-dealkylation sites (tertiary alicyclic amines) is 1. The Morgan fingerprint density at radius 3 is 2.31 bits per heavy atom. The topological polar surface area (TPSA) is 98.1 Å². The number of piperazine rings is 1. The molecule has 0 spiro atoms. The molecule has 6 rings (SSSR count). The largest absolute Gasteiger partial charge is 0.467 e. The van der Waals surface area contributed by atoms with Crippen LogP contribution in [0.5, 0.6) is 6.01 Å². The van der Waals surface area contributed by atoms with Crippen LogP contribution in [0.1, 0.15) is 31.0 Å². The summed E-state index contributed by atoms with van der Waals surface area (Å²) in [7, 11) is 5.38. The number of nitrogens with zero attached hydrogens (tertiary/aromatic N) is 7. The van der Waals surface area contributed by atoms with Crippen LogP contribution in [0.25, 0.3) is 10.8 Å². The number of amides is 1. The van der Waals surface area contributed by atoms with Gasteiger partial charge in [0.1, 0.15) is 5.82 Å². The Morgan fingerprint density at radius 2 is 1.69 bits per heavy atom. The summed E-state index contributed by atoms with van der Waals surface area (Å²) in [5.74, 6) is 0.924. The normalized spacial score (nSPS) is 16.4. The molecular weight excluding hydrogens is 590 g/mol. The second kappa shape index (κ2) is 17.0. The van der Waals surface area contributed by atoms with Crippen molar-refractivity contribution >= 4 is 39.8 Å². The highest BCUT2D eigenvalue weighted by Gasteiger charge is 2.29. The number of anilines is 2. The summed E-state index contributed by atoms with van der Waals surface area (Å²) in [4.78, 5) is 30.7. The molecule has 2 saturated heterocycles. The summed E-state index contributed by atoms with van der Waals surface area (Å²) in [5.41, 5.74) is 3.22. The van der Waals surface area contributed by atoms with E-state index in [4.69, 9.17) is 36.3 Å². The minimum absolute atomic E-state index is 0.0124. The number of hydrogen-bond donors (Lipinski definition) is 0. The number of carbonyl (C=O) groups excluding carboxylic acids is 1. The molecule has 0 radical (unpaired) electrons. The van der Waals surface area contributed by atoms with Crippen molar-refractivity contribution in [2.45, 2.75) is 32.7 Å². The maximum absolute atomic E-state index is 12.4. The zero-order valence-corrected chi connectivity index (χ0v) is 27.6. The molecule has 10 nitrogen and oxygen atoms in total. The van der Waals surface area contributed by atoms with E-state index in [-0.39, 0.29) is 5.91 Å².